The van der Waals surface area contributed by atoms with Gasteiger partial charge in [0.25, 0.3) is 0 Å². The third-order valence-electron chi connectivity index (χ3n) is 4.15. The van der Waals surface area contributed by atoms with Crippen LogP contribution in [0.1, 0.15) is 33.6 Å². The maximum Gasteiger partial charge on any atom is 0.241 e. The maximum atomic E-state index is 12.2. The zero-order valence-electron chi connectivity index (χ0n) is 14.9. The number of rotatable bonds is 9. The third kappa shape index (κ3) is 5.89. The van der Waals surface area contributed by atoms with Crippen LogP contribution in [-0.2, 0) is 14.8 Å². The molecule has 1 saturated carbocycles. The number of hydrogen-bond donors (Lipinski definition) is 3. The molecule has 2 rings (SSSR count). The average molecular weight is 369 g/mol. The van der Waals surface area contributed by atoms with Gasteiger partial charge in [-0.15, -0.1) is 0 Å². The molecule has 1 aromatic rings. The summed E-state index contributed by atoms with van der Waals surface area (Å²) < 4.78 is 32.3. The van der Waals surface area contributed by atoms with E-state index in [0.29, 0.717) is 17.4 Å². The van der Waals surface area contributed by atoms with Gasteiger partial charge in [0.15, 0.2) is 0 Å². The highest BCUT2D eigenvalue weighted by molar-refractivity contribution is 7.93. The summed E-state index contributed by atoms with van der Waals surface area (Å²) in [7, 11) is -3.80. The van der Waals surface area contributed by atoms with Gasteiger partial charge >= 0.3 is 0 Å². The highest BCUT2D eigenvalue weighted by Gasteiger charge is 2.41. The highest BCUT2D eigenvalue weighted by atomic mass is 32.2. The van der Waals surface area contributed by atoms with E-state index in [-0.39, 0.29) is 12.6 Å². The van der Waals surface area contributed by atoms with Crippen molar-refractivity contribution in [1.82, 2.24) is 5.32 Å². The summed E-state index contributed by atoms with van der Waals surface area (Å²) >= 11 is 0. The largest absolute Gasteiger partial charge is 0.491 e. The van der Waals surface area contributed by atoms with Crippen LogP contribution in [0.5, 0.6) is 5.75 Å². The summed E-state index contributed by atoms with van der Waals surface area (Å²) in [6.07, 6.45) is 2.04. The van der Waals surface area contributed by atoms with Gasteiger partial charge in [-0.2, -0.15) is 0 Å². The van der Waals surface area contributed by atoms with E-state index in [1.165, 1.54) is 0 Å². The molecule has 1 aromatic carbocycles. The number of amides is 1. The summed E-state index contributed by atoms with van der Waals surface area (Å²) in [5.74, 6) is -0.212. The van der Waals surface area contributed by atoms with Crippen molar-refractivity contribution in [2.75, 3.05) is 17.0 Å². The Morgan fingerprint density at radius 3 is 2.40 bits per heavy atom. The molecule has 0 bridgehead atoms. The second-order valence-corrected chi connectivity index (χ2v) is 8.72. The zero-order valence-corrected chi connectivity index (χ0v) is 15.7. The second kappa shape index (κ2) is 7.61. The lowest BCUT2D eigenvalue weighted by Gasteiger charge is -2.29. The van der Waals surface area contributed by atoms with E-state index in [1.807, 2.05) is 20.8 Å². The molecule has 7 nitrogen and oxygen atoms in total. The van der Waals surface area contributed by atoms with E-state index in [2.05, 4.69) is 10.0 Å². The van der Waals surface area contributed by atoms with E-state index in [4.69, 9.17) is 10.5 Å². The molecule has 1 amide bonds. The van der Waals surface area contributed by atoms with Crippen LogP contribution >= 0.6 is 0 Å². The fourth-order valence-corrected chi connectivity index (χ4v) is 3.64. The molecule has 0 saturated heterocycles. The van der Waals surface area contributed by atoms with Gasteiger partial charge in [0.1, 0.15) is 11.5 Å². The van der Waals surface area contributed by atoms with E-state index in [1.54, 1.807) is 24.3 Å². The molecule has 0 aliphatic heterocycles. The van der Waals surface area contributed by atoms with Gasteiger partial charge in [-0.25, -0.2) is 8.42 Å². The van der Waals surface area contributed by atoms with Crippen LogP contribution in [0.3, 0.4) is 0 Å². The maximum absolute atomic E-state index is 12.2. The molecule has 1 aliphatic carbocycles. The number of hydrogen-bond acceptors (Lipinski definition) is 5. The van der Waals surface area contributed by atoms with Crippen molar-refractivity contribution in [3.8, 4) is 5.75 Å². The Labute approximate surface area is 149 Å². The number of carbonyl (C=O) groups is 1. The van der Waals surface area contributed by atoms with E-state index in [9.17, 15) is 13.2 Å². The van der Waals surface area contributed by atoms with Gasteiger partial charge in [0.05, 0.1) is 11.6 Å². The standard InChI is InChI=1S/C17H27N3O4S/c1-12(2)24-15-8-6-14(7-9-15)20-25(22,23)10-16(21)19-17(3,11-18)13-4-5-13/h6-9,12-13,20H,4-5,10-11,18H2,1-3H3,(H,19,21). The predicted molar refractivity (Wildman–Crippen MR) is 97.9 cm³/mol. The highest BCUT2D eigenvalue weighted by Crippen LogP contribution is 2.38. The number of ether oxygens (including phenoxy) is 1. The summed E-state index contributed by atoms with van der Waals surface area (Å²) in [4.78, 5) is 12.1. The summed E-state index contributed by atoms with van der Waals surface area (Å²) in [5.41, 5.74) is 5.58. The van der Waals surface area contributed by atoms with Crippen LogP contribution in [0.25, 0.3) is 0 Å². The molecule has 1 fully saturated rings. The van der Waals surface area contributed by atoms with Crippen molar-refractivity contribution in [3.63, 3.8) is 0 Å². The van der Waals surface area contributed by atoms with Crippen molar-refractivity contribution in [2.24, 2.45) is 11.7 Å². The quantitative estimate of drug-likeness (QED) is 0.610. The number of carbonyl (C=O) groups excluding carboxylic acids is 1. The second-order valence-electron chi connectivity index (χ2n) is 7.00. The minimum Gasteiger partial charge on any atom is -0.491 e. The van der Waals surface area contributed by atoms with Crippen molar-refractivity contribution in [1.29, 1.82) is 0 Å². The van der Waals surface area contributed by atoms with Crippen LogP contribution in [0, 0.1) is 5.92 Å². The molecule has 1 atom stereocenters. The van der Waals surface area contributed by atoms with Gasteiger partial charge in [0, 0.05) is 12.2 Å². The fourth-order valence-electron chi connectivity index (χ4n) is 2.66. The summed E-state index contributed by atoms with van der Waals surface area (Å²) in [6, 6.07) is 6.55. The van der Waals surface area contributed by atoms with Gasteiger partial charge in [-0.05, 0) is 63.8 Å². The Bertz CT molecular complexity index is 699. The Morgan fingerprint density at radius 1 is 1.32 bits per heavy atom. The number of nitrogens with two attached hydrogens (primary N) is 1. The molecule has 25 heavy (non-hydrogen) atoms. The Morgan fingerprint density at radius 2 is 1.92 bits per heavy atom. The van der Waals surface area contributed by atoms with Crippen LogP contribution in [0.15, 0.2) is 24.3 Å². The Hall–Kier alpha value is -1.80. The fraction of sp³-hybridized carbons (Fsp3) is 0.588. The first-order valence-electron chi connectivity index (χ1n) is 8.42. The monoisotopic (exact) mass is 369 g/mol. The van der Waals surface area contributed by atoms with Gasteiger partial charge in [0.2, 0.25) is 15.9 Å². The number of sulfonamides is 1. The molecule has 0 spiro atoms. The first kappa shape index (κ1) is 19.5. The molecular formula is C17H27N3O4S. The molecule has 0 aromatic heterocycles. The SMILES string of the molecule is CC(C)Oc1ccc(NS(=O)(=O)CC(=O)NC(C)(CN)C2CC2)cc1. The van der Waals surface area contributed by atoms with E-state index >= 15 is 0 Å². The minimum atomic E-state index is -3.80. The van der Waals surface area contributed by atoms with Crippen LogP contribution in [0.2, 0.25) is 0 Å². The minimum absolute atomic E-state index is 0.0366. The number of nitrogens with one attached hydrogen (secondary N) is 2. The lowest BCUT2D eigenvalue weighted by molar-refractivity contribution is -0.120. The molecule has 1 unspecified atom stereocenters. The Balaban J connectivity index is 1.93. The van der Waals surface area contributed by atoms with Crippen molar-refractivity contribution in [3.05, 3.63) is 24.3 Å². The molecule has 8 heteroatoms. The lowest BCUT2D eigenvalue weighted by atomic mass is 9.96. The Kier molecular flexibility index (Phi) is 5.95. The number of anilines is 1. The topological polar surface area (TPSA) is 111 Å². The van der Waals surface area contributed by atoms with Crippen LogP contribution < -0.4 is 20.5 Å². The van der Waals surface area contributed by atoms with Gasteiger partial charge in [-0.3, -0.25) is 9.52 Å². The van der Waals surface area contributed by atoms with Crippen LogP contribution in [0.4, 0.5) is 5.69 Å². The van der Waals surface area contributed by atoms with Crippen LogP contribution in [-0.4, -0.2) is 38.3 Å². The predicted octanol–water partition coefficient (Wildman–Crippen LogP) is 1.46. The normalized spacial score (nSPS) is 17.0. The first-order valence-corrected chi connectivity index (χ1v) is 10.1. The number of benzene rings is 1. The van der Waals surface area contributed by atoms with Gasteiger partial charge in [-0.1, -0.05) is 0 Å². The molecule has 140 valence electrons. The van der Waals surface area contributed by atoms with E-state index < -0.39 is 27.2 Å². The first-order chi connectivity index (χ1) is 11.6. The summed E-state index contributed by atoms with van der Waals surface area (Å²) in [5, 5.41) is 2.77. The smallest absolute Gasteiger partial charge is 0.241 e. The van der Waals surface area contributed by atoms with Crippen molar-refractivity contribution in [2.45, 2.75) is 45.3 Å². The lowest BCUT2D eigenvalue weighted by Crippen LogP contribution is -2.54. The molecular weight excluding hydrogens is 342 g/mol. The molecule has 0 radical (unpaired) electrons. The zero-order chi connectivity index (χ0) is 18.7. The molecule has 4 N–H and O–H groups in total. The molecule has 1 aliphatic rings. The van der Waals surface area contributed by atoms with E-state index in [0.717, 1.165) is 12.8 Å². The van der Waals surface area contributed by atoms with Crippen molar-refractivity contribution < 1.29 is 17.9 Å². The average Bonchev–Trinajstić information content (AvgIpc) is 3.32. The van der Waals surface area contributed by atoms with Crippen molar-refractivity contribution >= 4 is 21.6 Å². The summed E-state index contributed by atoms with van der Waals surface area (Å²) in [6.45, 7) is 5.96. The molecule has 0 heterocycles. The third-order valence-corrected chi connectivity index (χ3v) is 5.34. The van der Waals surface area contributed by atoms with Gasteiger partial charge < -0.3 is 15.8 Å².